The van der Waals surface area contributed by atoms with Crippen LogP contribution >= 0.6 is 11.3 Å². The molecule has 3 rings (SSSR count). The fourth-order valence-corrected chi connectivity index (χ4v) is 3.35. The fourth-order valence-electron chi connectivity index (χ4n) is 2.43. The minimum absolute atomic E-state index is 0.894. The third-order valence-corrected chi connectivity index (χ3v) is 4.66. The normalized spacial score (nSPS) is 10.6. The van der Waals surface area contributed by atoms with Crippen molar-refractivity contribution in [3.63, 3.8) is 0 Å². The number of methoxy groups -OCH3 is 1. The van der Waals surface area contributed by atoms with Gasteiger partial charge >= 0.3 is 0 Å². The molecule has 106 valence electrons. The van der Waals surface area contributed by atoms with Gasteiger partial charge in [0.25, 0.3) is 0 Å². The number of benzene rings is 2. The van der Waals surface area contributed by atoms with Crippen molar-refractivity contribution in [2.24, 2.45) is 0 Å². The Morgan fingerprint density at radius 1 is 0.857 bits per heavy atom. The van der Waals surface area contributed by atoms with Crippen molar-refractivity contribution in [3.05, 3.63) is 65.0 Å². The molecule has 2 heteroatoms. The quantitative estimate of drug-likeness (QED) is 0.601. The van der Waals surface area contributed by atoms with Gasteiger partial charge in [0.15, 0.2) is 0 Å². The van der Waals surface area contributed by atoms with E-state index in [2.05, 4.69) is 55.6 Å². The van der Waals surface area contributed by atoms with Crippen LogP contribution in [0.15, 0.2) is 53.9 Å². The lowest BCUT2D eigenvalue weighted by molar-refractivity contribution is 0.415. The van der Waals surface area contributed by atoms with Crippen molar-refractivity contribution in [1.82, 2.24) is 0 Å². The predicted molar refractivity (Wildman–Crippen MR) is 91.2 cm³/mol. The number of aryl methyl sites for hydroxylation is 2. The molecule has 0 radical (unpaired) electrons. The average Bonchev–Trinajstić information content (AvgIpc) is 2.99. The van der Waals surface area contributed by atoms with Crippen LogP contribution in [-0.2, 0) is 0 Å². The second-order valence-corrected chi connectivity index (χ2v) is 6.16. The van der Waals surface area contributed by atoms with E-state index >= 15 is 0 Å². The molecule has 0 aliphatic heterocycles. The highest BCUT2D eigenvalue weighted by Gasteiger charge is 2.07. The highest BCUT2D eigenvalue weighted by Crippen LogP contribution is 2.34. The standard InChI is InChI=1S/C19H18OS/c1-13-4-5-14(2)18(10-13)16-11-19(21-12-16)15-6-8-17(20-3)9-7-15/h4-12H,1-3H3. The maximum absolute atomic E-state index is 5.21. The van der Waals surface area contributed by atoms with E-state index in [0.717, 1.165) is 5.75 Å². The van der Waals surface area contributed by atoms with E-state index in [1.807, 2.05) is 12.1 Å². The van der Waals surface area contributed by atoms with Gasteiger partial charge in [0.05, 0.1) is 7.11 Å². The molecule has 0 bridgehead atoms. The maximum atomic E-state index is 5.21. The van der Waals surface area contributed by atoms with Gasteiger partial charge in [-0.3, -0.25) is 0 Å². The Morgan fingerprint density at radius 2 is 1.62 bits per heavy atom. The zero-order valence-corrected chi connectivity index (χ0v) is 13.3. The van der Waals surface area contributed by atoms with Crippen LogP contribution in [0.25, 0.3) is 21.6 Å². The highest BCUT2D eigenvalue weighted by molar-refractivity contribution is 7.14. The molecule has 0 spiro atoms. The topological polar surface area (TPSA) is 9.23 Å². The molecule has 1 heterocycles. The van der Waals surface area contributed by atoms with E-state index in [9.17, 15) is 0 Å². The molecular formula is C19H18OS. The molecule has 3 aromatic rings. The van der Waals surface area contributed by atoms with Crippen LogP contribution in [-0.4, -0.2) is 7.11 Å². The third kappa shape index (κ3) is 2.86. The van der Waals surface area contributed by atoms with Crippen molar-refractivity contribution < 1.29 is 4.74 Å². The Hall–Kier alpha value is -2.06. The average molecular weight is 294 g/mol. The van der Waals surface area contributed by atoms with E-state index in [4.69, 9.17) is 4.74 Å². The van der Waals surface area contributed by atoms with Gasteiger partial charge in [0, 0.05) is 4.88 Å². The molecule has 0 atom stereocenters. The van der Waals surface area contributed by atoms with Crippen molar-refractivity contribution in [2.75, 3.05) is 7.11 Å². The van der Waals surface area contributed by atoms with Crippen molar-refractivity contribution in [1.29, 1.82) is 0 Å². The van der Waals surface area contributed by atoms with E-state index in [1.54, 1.807) is 18.4 Å². The van der Waals surface area contributed by atoms with Crippen molar-refractivity contribution >= 4 is 11.3 Å². The first-order chi connectivity index (χ1) is 10.2. The van der Waals surface area contributed by atoms with E-state index in [1.165, 1.54) is 32.7 Å². The predicted octanol–water partition coefficient (Wildman–Crippen LogP) is 5.71. The lowest BCUT2D eigenvalue weighted by atomic mass is 10.00. The fraction of sp³-hybridized carbons (Fsp3) is 0.158. The monoisotopic (exact) mass is 294 g/mol. The lowest BCUT2D eigenvalue weighted by Gasteiger charge is -2.05. The Kier molecular flexibility index (Phi) is 3.80. The molecule has 21 heavy (non-hydrogen) atoms. The Bertz CT molecular complexity index is 753. The van der Waals surface area contributed by atoms with E-state index in [-0.39, 0.29) is 0 Å². The van der Waals surface area contributed by atoms with Gasteiger partial charge in [-0.1, -0.05) is 23.8 Å². The number of rotatable bonds is 3. The summed E-state index contributed by atoms with van der Waals surface area (Å²) < 4.78 is 5.21. The summed E-state index contributed by atoms with van der Waals surface area (Å²) in [6, 6.07) is 17.1. The molecule has 0 aliphatic rings. The Morgan fingerprint density at radius 3 is 2.33 bits per heavy atom. The first kappa shape index (κ1) is 13.9. The van der Waals surface area contributed by atoms with Crippen LogP contribution in [0.4, 0.5) is 0 Å². The number of ether oxygens (including phenoxy) is 1. The summed E-state index contributed by atoms with van der Waals surface area (Å²) in [5, 5.41) is 2.24. The molecular weight excluding hydrogens is 276 g/mol. The highest BCUT2D eigenvalue weighted by atomic mass is 32.1. The molecule has 0 unspecified atom stereocenters. The second kappa shape index (κ2) is 5.74. The Labute approximate surface area is 129 Å². The molecule has 0 saturated carbocycles. The lowest BCUT2D eigenvalue weighted by Crippen LogP contribution is -1.83. The van der Waals surface area contributed by atoms with E-state index < -0.39 is 0 Å². The summed E-state index contributed by atoms with van der Waals surface area (Å²) in [6.07, 6.45) is 0. The van der Waals surface area contributed by atoms with Gasteiger partial charge in [0.1, 0.15) is 5.75 Å². The van der Waals surface area contributed by atoms with Gasteiger partial charge in [-0.2, -0.15) is 0 Å². The molecule has 0 N–H and O–H groups in total. The van der Waals surface area contributed by atoms with Crippen LogP contribution in [0, 0.1) is 13.8 Å². The molecule has 0 saturated heterocycles. The van der Waals surface area contributed by atoms with Gasteiger partial charge in [-0.25, -0.2) is 0 Å². The largest absolute Gasteiger partial charge is 0.497 e. The summed E-state index contributed by atoms with van der Waals surface area (Å²) in [5.41, 5.74) is 6.47. The maximum Gasteiger partial charge on any atom is 0.118 e. The zero-order chi connectivity index (χ0) is 14.8. The summed E-state index contributed by atoms with van der Waals surface area (Å²) in [6.45, 7) is 4.30. The van der Waals surface area contributed by atoms with Gasteiger partial charge in [-0.05, 0) is 71.8 Å². The molecule has 0 aliphatic carbocycles. The van der Waals surface area contributed by atoms with Gasteiger partial charge < -0.3 is 4.74 Å². The van der Waals surface area contributed by atoms with Gasteiger partial charge in [-0.15, -0.1) is 11.3 Å². The summed E-state index contributed by atoms with van der Waals surface area (Å²) in [7, 11) is 1.69. The molecule has 2 aromatic carbocycles. The van der Waals surface area contributed by atoms with Crippen LogP contribution < -0.4 is 4.74 Å². The third-order valence-electron chi connectivity index (χ3n) is 3.68. The number of thiophene rings is 1. The molecule has 1 nitrogen and oxygen atoms in total. The Balaban J connectivity index is 1.97. The minimum Gasteiger partial charge on any atom is -0.497 e. The molecule has 0 amide bonds. The van der Waals surface area contributed by atoms with Crippen LogP contribution in [0.3, 0.4) is 0 Å². The SMILES string of the molecule is COc1ccc(-c2cc(-c3cc(C)ccc3C)cs2)cc1. The van der Waals surface area contributed by atoms with Crippen molar-refractivity contribution in [3.8, 4) is 27.3 Å². The number of hydrogen-bond donors (Lipinski definition) is 0. The van der Waals surface area contributed by atoms with Gasteiger partial charge in [0.2, 0.25) is 0 Å². The van der Waals surface area contributed by atoms with Crippen molar-refractivity contribution in [2.45, 2.75) is 13.8 Å². The summed E-state index contributed by atoms with van der Waals surface area (Å²) in [4.78, 5) is 1.29. The first-order valence-corrected chi connectivity index (χ1v) is 7.86. The minimum atomic E-state index is 0.894. The van der Waals surface area contributed by atoms with Crippen LogP contribution in [0.5, 0.6) is 5.75 Å². The molecule has 0 fully saturated rings. The smallest absolute Gasteiger partial charge is 0.118 e. The molecule has 1 aromatic heterocycles. The number of hydrogen-bond acceptors (Lipinski definition) is 2. The summed E-state index contributed by atoms with van der Waals surface area (Å²) >= 11 is 1.78. The van der Waals surface area contributed by atoms with Crippen LogP contribution in [0.2, 0.25) is 0 Å². The second-order valence-electron chi connectivity index (χ2n) is 5.25. The van der Waals surface area contributed by atoms with Crippen LogP contribution in [0.1, 0.15) is 11.1 Å². The summed E-state index contributed by atoms with van der Waals surface area (Å²) in [5.74, 6) is 0.894. The first-order valence-electron chi connectivity index (χ1n) is 6.98. The zero-order valence-electron chi connectivity index (χ0n) is 12.5. The van der Waals surface area contributed by atoms with E-state index in [0.29, 0.717) is 0 Å².